The fraction of sp³-hybridized carbons (Fsp3) is 0.361. The number of aromatic hydroxyl groups is 2. The van der Waals surface area contributed by atoms with E-state index in [4.69, 9.17) is 9.47 Å². The Bertz CT molecular complexity index is 1450. The molecular formula is C36H42O6. The molecule has 0 aliphatic rings. The fourth-order valence-corrected chi connectivity index (χ4v) is 5.22. The van der Waals surface area contributed by atoms with E-state index in [2.05, 4.69) is 0 Å². The van der Waals surface area contributed by atoms with Crippen LogP contribution in [0, 0.1) is 0 Å². The van der Waals surface area contributed by atoms with Gasteiger partial charge in [-0.1, -0.05) is 62.1 Å². The van der Waals surface area contributed by atoms with Crippen molar-refractivity contribution in [3.63, 3.8) is 0 Å². The summed E-state index contributed by atoms with van der Waals surface area (Å²) in [6.07, 6.45) is 7.42. The second-order valence-corrected chi connectivity index (χ2v) is 11.0. The summed E-state index contributed by atoms with van der Waals surface area (Å²) in [6, 6.07) is 24.4. The highest BCUT2D eigenvalue weighted by molar-refractivity contribution is 5.84. The molecule has 0 heterocycles. The molecule has 0 aliphatic heterocycles. The second-order valence-electron chi connectivity index (χ2n) is 11.0. The lowest BCUT2D eigenvalue weighted by Gasteiger charge is -2.13. The van der Waals surface area contributed by atoms with Crippen molar-refractivity contribution in [2.24, 2.45) is 0 Å². The van der Waals surface area contributed by atoms with Gasteiger partial charge in [0.1, 0.15) is 23.9 Å². The lowest BCUT2D eigenvalue weighted by Crippen LogP contribution is -2.14. The van der Waals surface area contributed by atoms with Gasteiger partial charge in [-0.15, -0.1) is 0 Å². The van der Waals surface area contributed by atoms with Gasteiger partial charge >= 0.3 is 0 Å². The van der Waals surface area contributed by atoms with Crippen molar-refractivity contribution >= 4 is 16.6 Å². The van der Waals surface area contributed by atoms with Gasteiger partial charge in [-0.3, -0.25) is 4.79 Å². The van der Waals surface area contributed by atoms with Crippen molar-refractivity contribution in [3.05, 3.63) is 95.6 Å². The minimum Gasteiger partial charge on any atom is -0.508 e. The second kappa shape index (κ2) is 15.8. The molecule has 0 saturated heterocycles. The third kappa shape index (κ3) is 9.81. The fourth-order valence-electron chi connectivity index (χ4n) is 5.22. The first-order valence-electron chi connectivity index (χ1n) is 14.9. The zero-order valence-electron chi connectivity index (χ0n) is 24.4. The SMILES string of the molecule is COc1ccc(CCC(=O)CC(O)CCCCCCCc2cccc(O)c2)cc1OCc1ccc2cc(O)ccc2c1. The van der Waals surface area contributed by atoms with Crippen LogP contribution in [0.2, 0.25) is 0 Å². The lowest BCUT2D eigenvalue weighted by atomic mass is 10.00. The highest BCUT2D eigenvalue weighted by Crippen LogP contribution is 2.30. The van der Waals surface area contributed by atoms with Crippen LogP contribution in [0.3, 0.4) is 0 Å². The zero-order chi connectivity index (χ0) is 29.7. The van der Waals surface area contributed by atoms with Gasteiger partial charge < -0.3 is 24.8 Å². The molecule has 1 atom stereocenters. The number of unbranched alkanes of at least 4 members (excludes halogenated alkanes) is 4. The van der Waals surface area contributed by atoms with E-state index in [9.17, 15) is 20.1 Å². The van der Waals surface area contributed by atoms with Gasteiger partial charge in [0, 0.05) is 12.8 Å². The van der Waals surface area contributed by atoms with Crippen LogP contribution < -0.4 is 9.47 Å². The van der Waals surface area contributed by atoms with Crippen LogP contribution in [0.25, 0.3) is 10.8 Å². The van der Waals surface area contributed by atoms with Crippen LogP contribution >= 0.6 is 0 Å². The van der Waals surface area contributed by atoms with E-state index in [1.807, 2.05) is 60.7 Å². The Balaban J connectivity index is 1.15. The molecule has 0 aliphatic carbocycles. The first kappa shape index (κ1) is 30.9. The van der Waals surface area contributed by atoms with Crippen LogP contribution in [0.4, 0.5) is 0 Å². The van der Waals surface area contributed by atoms with Crippen molar-refractivity contribution in [2.75, 3.05) is 7.11 Å². The smallest absolute Gasteiger partial charge is 0.161 e. The van der Waals surface area contributed by atoms with Crippen LogP contribution in [-0.2, 0) is 24.2 Å². The van der Waals surface area contributed by atoms with Crippen molar-refractivity contribution in [1.82, 2.24) is 0 Å². The Kier molecular flexibility index (Phi) is 11.7. The molecule has 6 nitrogen and oxygen atoms in total. The molecule has 42 heavy (non-hydrogen) atoms. The van der Waals surface area contributed by atoms with Gasteiger partial charge in [0.2, 0.25) is 0 Å². The molecule has 222 valence electrons. The maximum atomic E-state index is 12.6. The summed E-state index contributed by atoms with van der Waals surface area (Å²) in [5.74, 6) is 1.87. The van der Waals surface area contributed by atoms with Gasteiger partial charge in [-0.2, -0.15) is 0 Å². The molecule has 6 heteroatoms. The molecule has 4 aromatic carbocycles. The molecule has 4 rings (SSSR count). The predicted molar refractivity (Wildman–Crippen MR) is 166 cm³/mol. The Morgan fingerprint density at radius 2 is 1.43 bits per heavy atom. The first-order valence-corrected chi connectivity index (χ1v) is 14.9. The van der Waals surface area contributed by atoms with E-state index in [1.54, 1.807) is 25.3 Å². The number of ether oxygens (including phenoxy) is 2. The van der Waals surface area contributed by atoms with Crippen molar-refractivity contribution in [1.29, 1.82) is 0 Å². The number of aliphatic hydroxyl groups is 1. The zero-order valence-corrected chi connectivity index (χ0v) is 24.4. The van der Waals surface area contributed by atoms with Gasteiger partial charge in [0.25, 0.3) is 0 Å². The van der Waals surface area contributed by atoms with Crippen molar-refractivity contribution in [2.45, 2.75) is 76.9 Å². The third-order valence-corrected chi connectivity index (χ3v) is 7.58. The van der Waals surface area contributed by atoms with Crippen molar-refractivity contribution < 1.29 is 29.6 Å². The number of hydrogen-bond acceptors (Lipinski definition) is 6. The lowest BCUT2D eigenvalue weighted by molar-refractivity contribution is -0.121. The number of methoxy groups -OCH3 is 1. The molecule has 1 unspecified atom stereocenters. The Labute approximate surface area is 248 Å². The average Bonchev–Trinajstić information content (AvgIpc) is 2.98. The van der Waals surface area contributed by atoms with Crippen LogP contribution in [0.5, 0.6) is 23.0 Å². The molecule has 0 aromatic heterocycles. The summed E-state index contributed by atoms with van der Waals surface area (Å²) in [5.41, 5.74) is 3.14. The number of aliphatic hydroxyl groups excluding tert-OH is 1. The molecule has 0 radical (unpaired) electrons. The number of phenols is 2. The van der Waals surface area contributed by atoms with Crippen LogP contribution in [-0.4, -0.2) is 34.3 Å². The van der Waals surface area contributed by atoms with E-state index in [0.29, 0.717) is 43.1 Å². The Morgan fingerprint density at radius 1 is 0.714 bits per heavy atom. The Hall–Kier alpha value is -4.03. The van der Waals surface area contributed by atoms with Gasteiger partial charge in [0.05, 0.1) is 13.2 Å². The summed E-state index contributed by atoms with van der Waals surface area (Å²) in [6.45, 7) is 0.360. The highest BCUT2D eigenvalue weighted by atomic mass is 16.5. The number of benzene rings is 4. The summed E-state index contributed by atoms with van der Waals surface area (Å²) in [5, 5.41) is 31.6. The Morgan fingerprint density at radius 3 is 2.26 bits per heavy atom. The molecule has 4 aromatic rings. The summed E-state index contributed by atoms with van der Waals surface area (Å²) >= 11 is 0. The number of rotatable bonds is 17. The van der Waals surface area contributed by atoms with Gasteiger partial charge in [-0.25, -0.2) is 0 Å². The first-order chi connectivity index (χ1) is 20.4. The topological polar surface area (TPSA) is 96.2 Å². The largest absolute Gasteiger partial charge is 0.508 e. The molecular weight excluding hydrogens is 528 g/mol. The van der Waals surface area contributed by atoms with Gasteiger partial charge in [0.15, 0.2) is 11.5 Å². The number of carbonyl (C=O) groups excluding carboxylic acids is 1. The number of fused-ring (bicyclic) bond motifs is 1. The van der Waals surface area contributed by atoms with E-state index in [0.717, 1.165) is 66.0 Å². The number of Topliss-reactive ketones (excluding diaryl/α,β-unsaturated/α-hetero) is 1. The molecule has 0 saturated carbocycles. The minimum absolute atomic E-state index is 0.0640. The number of hydrogen-bond donors (Lipinski definition) is 3. The maximum absolute atomic E-state index is 12.6. The van der Waals surface area contributed by atoms with Crippen LogP contribution in [0.15, 0.2) is 78.9 Å². The monoisotopic (exact) mass is 570 g/mol. The number of aryl methyl sites for hydroxylation is 2. The predicted octanol–water partition coefficient (Wildman–Crippen LogP) is 7.67. The quantitative estimate of drug-likeness (QED) is 0.113. The van der Waals surface area contributed by atoms with E-state index >= 15 is 0 Å². The molecule has 3 N–H and O–H groups in total. The van der Waals surface area contributed by atoms with E-state index in [1.165, 1.54) is 0 Å². The number of phenolic OH excluding ortho intramolecular Hbond substituents is 2. The molecule has 0 spiro atoms. The third-order valence-electron chi connectivity index (χ3n) is 7.58. The highest BCUT2D eigenvalue weighted by Gasteiger charge is 2.13. The summed E-state index contributed by atoms with van der Waals surface area (Å²) in [4.78, 5) is 12.6. The summed E-state index contributed by atoms with van der Waals surface area (Å²) in [7, 11) is 1.60. The number of carbonyl (C=O) groups is 1. The standard InChI is InChI=1S/C36H42O6/c1-41-35-19-14-27(22-36(35)42-25-28-12-15-30-23-33(39)18-16-29(30)20-28)13-17-34(40)24-32(38)10-6-4-2-3-5-8-26-9-7-11-31(37)21-26/h7,9,11-12,14-16,18-23,32,37-39H,2-6,8,10,13,17,24-25H2,1H3. The number of ketones is 1. The maximum Gasteiger partial charge on any atom is 0.161 e. The van der Waals surface area contributed by atoms with Crippen LogP contribution in [0.1, 0.15) is 68.1 Å². The van der Waals surface area contributed by atoms with Crippen molar-refractivity contribution in [3.8, 4) is 23.0 Å². The van der Waals surface area contributed by atoms with Gasteiger partial charge in [-0.05, 0) is 95.6 Å². The normalized spacial score (nSPS) is 11.9. The minimum atomic E-state index is -0.592. The average molecular weight is 571 g/mol. The van der Waals surface area contributed by atoms with E-state index in [-0.39, 0.29) is 18.0 Å². The molecule has 0 amide bonds. The molecule has 0 bridgehead atoms. The summed E-state index contributed by atoms with van der Waals surface area (Å²) < 4.78 is 11.6. The molecule has 0 fully saturated rings. The van der Waals surface area contributed by atoms with E-state index < -0.39 is 6.10 Å².